The first kappa shape index (κ1) is 32.5. The molecule has 6 heteroatoms. The third-order valence-electron chi connectivity index (χ3n) is 11.8. The smallest absolute Gasteiger partial charge is 0.101 e. The van der Waals surface area contributed by atoms with E-state index in [1.54, 1.807) is 0 Å². The summed E-state index contributed by atoms with van der Waals surface area (Å²) in [5, 5.41) is 1.15. The number of rotatable bonds is 6. The van der Waals surface area contributed by atoms with Gasteiger partial charge in [0.25, 0.3) is 0 Å². The SMILES string of the molecule is C1=CCC(c2ccc3c(c2)C2N=CC=CC2N3C2=CC=CC(n3c4ccc(-c5ccccc5-c5ccccn5)cc4c4ncccc43)C2)C(c2ccccn2)=C1. The van der Waals surface area contributed by atoms with E-state index in [0.717, 1.165) is 57.3 Å². The van der Waals surface area contributed by atoms with E-state index in [-0.39, 0.29) is 24.0 Å². The van der Waals surface area contributed by atoms with Crippen molar-refractivity contribution in [2.24, 2.45) is 4.99 Å². The maximum atomic E-state index is 5.09. The minimum Gasteiger partial charge on any atom is -0.335 e. The van der Waals surface area contributed by atoms with Crippen LogP contribution in [0.15, 0.2) is 187 Å². The number of hydrogen-bond donors (Lipinski definition) is 0. The van der Waals surface area contributed by atoms with Crippen LogP contribution in [0.5, 0.6) is 0 Å². The summed E-state index contributed by atoms with van der Waals surface area (Å²) in [6.07, 6.45) is 27.4. The van der Waals surface area contributed by atoms with Gasteiger partial charge in [0, 0.05) is 65.0 Å². The molecule has 4 unspecified atom stereocenters. The molecule has 56 heavy (non-hydrogen) atoms. The number of aliphatic imine (C=N–C) groups is 1. The fourth-order valence-electron chi connectivity index (χ4n) is 9.36. The lowest BCUT2D eigenvalue weighted by Crippen LogP contribution is -2.33. The van der Waals surface area contributed by atoms with Gasteiger partial charge in [-0.15, -0.1) is 0 Å². The van der Waals surface area contributed by atoms with Gasteiger partial charge in [-0.2, -0.15) is 0 Å². The summed E-state index contributed by atoms with van der Waals surface area (Å²) in [6, 6.07) is 39.2. The molecule has 0 amide bonds. The summed E-state index contributed by atoms with van der Waals surface area (Å²) in [6.45, 7) is 0. The molecule has 268 valence electrons. The van der Waals surface area contributed by atoms with Crippen molar-refractivity contribution in [1.82, 2.24) is 19.5 Å². The van der Waals surface area contributed by atoms with E-state index < -0.39 is 0 Å². The zero-order valence-corrected chi connectivity index (χ0v) is 30.7. The molecule has 6 nitrogen and oxygen atoms in total. The summed E-state index contributed by atoms with van der Waals surface area (Å²) in [5.74, 6) is 0.241. The standard InChI is InChI=1S/C50H38N6/c1-3-16-39(43-18-5-7-26-51-43)37(14-1)33-22-24-45-41(30-33)49-47(20-10-28-53-49)55(45)35-12-9-13-36(32-35)56-46-25-23-34(31-42(46)50-48(56)21-11-29-54-50)38-15-2-4-17-40(38)44-19-6-8-27-52-44/h1-14,16-31,35,38,48,50H,15,32H2. The van der Waals surface area contributed by atoms with Gasteiger partial charge in [-0.1, -0.05) is 91.1 Å². The van der Waals surface area contributed by atoms with Gasteiger partial charge in [-0.05, 0) is 95.4 Å². The molecule has 0 radical (unpaired) electrons. The Hall–Kier alpha value is -6.92. The van der Waals surface area contributed by atoms with Gasteiger partial charge in [-0.25, -0.2) is 0 Å². The van der Waals surface area contributed by atoms with Crippen LogP contribution in [0.1, 0.15) is 47.7 Å². The predicted molar refractivity (Wildman–Crippen MR) is 229 cm³/mol. The normalized spacial score (nSPS) is 21.0. The third kappa shape index (κ3) is 5.32. The van der Waals surface area contributed by atoms with Crippen molar-refractivity contribution < 1.29 is 0 Å². The highest BCUT2D eigenvalue weighted by Crippen LogP contribution is 2.50. The highest BCUT2D eigenvalue weighted by molar-refractivity contribution is 6.07. The third-order valence-corrected chi connectivity index (χ3v) is 11.8. The first-order valence-corrected chi connectivity index (χ1v) is 19.5. The minimum atomic E-state index is 0.0337. The number of nitrogens with zero attached hydrogens (tertiary/aromatic N) is 6. The first-order valence-electron chi connectivity index (χ1n) is 19.5. The van der Waals surface area contributed by atoms with Gasteiger partial charge in [0.1, 0.15) is 6.04 Å². The van der Waals surface area contributed by atoms with E-state index in [1.807, 2.05) is 43.0 Å². The average molecular weight is 723 g/mol. The Bertz CT molecular complexity index is 2840. The van der Waals surface area contributed by atoms with Crippen molar-refractivity contribution in [3.63, 3.8) is 0 Å². The molecule has 2 aliphatic heterocycles. The lowest BCUT2D eigenvalue weighted by Gasteiger charge is -2.33. The van der Waals surface area contributed by atoms with Crippen molar-refractivity contribution in [1.29, 1.82) is 0 Å². The maximum Gasteiger partial charge on any atom is 0.101 e. The fraction of sp³-hybridized carbons (Fsp3) is 0.120. The van der Waals surface area contributed by atoms with E-state index in [1.165, 1.54) is 33.6 Å². The molecule has 0 spiro atoms. The summed E-state index contributed by atoms with van der Waals surface area (Å²) >= 11 is 0. The molecule has 0 saturated heterocycles. The second kappa shape index (κ2) is 13.4. The topological polar surface area (TPSA) is 59.2 Å². The fourth-order valence-corrected chi connectivity index (χ4v) is 9.36. The Morgan fingerprint density at radius 2 is 1.48 bits per heavy atom. The predicted octanol–water partition coefficient (Wildman–Crippen LogP) is 11.4. The van der Waals surface area contributed by atoms with Crippen LogP contribution < -0.4 is 4.90 Å². The van der Waals surface area contributed by atoms with Gasteiger partial charge in [0.05, 0.1) is 40.0 Å². The Morgan fingerprint density at radius 3 is 2.36 bits per heavy atom. The second-order valence-corrected chi connectivity index (χ2v) is 14.9. The van der Waals surface area contributed by atoms with Gasteiger partial charge >= 0.3 is 0 Å². The van der Waals surface area contributed by atoms with Gasteiger partial charge in [-0.3, -0.25) is 19.9 Å². The number of aromatic nitrogens is 4. The molecular weight excluding hydrogens is 685 g/mol. The highest BCUT2D eigenvalue weighted by atomic mass is 15.2. The quantitative estimate of drug-likeness (QED) is 0.171. The Morgan fingerprint density at radius 1 is 0.643 bits per heavy atom. The number of allylic oxidation sites excluding steroid dienone is 9. The second-order valence-electron chi connectivity index (χ2n) is 14.9. The van der Waals surface area contributed by atoms with Crippen LogP contribution in [0.3, 0.4) is 0 Å². The summed E-state index contributed by atoms with van der Waals surface area (Å²) in [4.78, 5) is 22.0. The van der Waals surface area contributed by atoms with Crippen molar-refractivity contribution in [3.8, 4) is 22.4 Å². The summed E-state index contributed by atoms with van der Waals surface area (Å²) < 4.78 is 2.49. The molecule has 4 atom stereocenters. The molecule has 11 rings (SSSR count). The summed E-state index contributed by atoms with van der Waals surface area (Å²) in [5.41, 5.74) is 15.2. The van der Waals surface area contributed by atoms with E-state index in [4.69, 9.17) is 15.0 Å². The largest absolute Gasteiger partial charge is 0.335 e. The molecule has 3 aromatic carbocycles. The van der Waals surface area contributed by atoms with Crippen LogP contribution in [0.2, 0.25) is 0 Å². The molecule has 0 saturated carbocycles. The van der Waals surface area contributed by atoms with Gasteiger partial charge < -0.3 is 9.47 Å². The zero-order valence-electron chi connectivity index (χ0n) is 30.7. The zero-order chi connectivity index (χ0) is 37.0. The Labute approximate surface area is 325 Å². The Kier molecular flexibility index (Phi) is 7.80. The van der Waals surface area contributed by atoms with Crippen LogP contribution in [0.4, 0.5) is 5.69 Å². The van der Waals surface area contributed by atoms with Crippen LogP contribution in [0, 0.1) is 0 Å². The number of pyridine rings is 3. The van der Waals surface area contributed by atoms with E-state index in [0.29, 0.717) is 0 Å². The van der Waals surface area contributed by atoms with Crippen molar-refractivity contribution in [3.05, 3.63) is 199 Å². The lowest BCUT2D eigenvalue weighted by molar-refractivity contribution is 0.586. The van der Waals surface area contributed by atoms with Crippen molar-refractivity contribution >= 4 is 39.4 Å². The number of hydrogen-bond acceptors (Lipinski definition) is 5. The molecule has 4 aromatic heterocycles. The highest BCUT2D eigenvalue weighted by Gasteiger charge is 2.41. The molecular formula is C50H38N6. The number of dihydropyridines is 1. The van der Waals surface area contributed by atoms with Crippen LogP contribution >= 0.6 is 0 Å². The molecule has 4 aliphatic rings. The van der Waals surface area contributed by atoms with Crippen LogP contribution in [-0.2, 0) is 0 Å². The summed E-state index contributed by atoms with van der Waals surface area (Å²) in [7, 11) is 0. The van der Waals surface area contributed by atoms with E-state index >= 15 is 0 Å². The maximum absolute atomic E-state index is 5.09. The lowest BCUT2D eigenvalue weighted by atomic mass is 9.82. The molecule has 2 aliphatic carbocycles. The molecule has 7 aromatic rings. The molecule has 0 N–H and O–H groups in total. The monoisotopic (exact) mass is 722 g/mol. The Balaban J connectivity index is 0.958. The molecule has 6 heterocycles. The first-order chi connectivity index (χ1) is 27.8. The number of benzene rings is 3. The number of fused-ring (bicyclic) bond motifs is 6. The van der Waals surface area contributed by atoms with E-state index in [2.05, 4.69) is 154 Å². The van der Waals surface area contributed by atoms with Crippen LogP contribution in [-0.4, -0.2) is 31.8 Å². The van der Waals surface area contributed by atoms with Gasteiger partial charge in [0.15, 0.2) is 0 Å². The van der Waals surface area contributed by atoms with Crippen molar-refractivity contribution in [2.45, 2.75) is 36.9 Å². The van der Waals surface area contributed by atoms with Crippen LogP contribution in [0.25, 0.3) is 49.9 Å². The van der Waals surface area contributed by atoms with Gasteiger partial charge in [0.2, 0.25) is 0 Å². The number of anilines is 1. The minimum absolute atomic E-state index is 0.0337. The average Bonchev–Trinajstić information content (AvgIpc) is 3.79. The molecule has 0 fully saturated rings. The molecule has 0 bridgehead atoms. The van der Waals surface area contributed by atoms with Crippen molar-refractivity contribution in [2.75, 3.05) is 4.90 Å². The van der Waals surface area contributed by atoms with E-state index in [9.17, 15) is 0 Å².